The lowest BCUT2D eigenvalue weighted by molar-refractivity contribution is 0.276. The summed E-state index contributed by atoms with van der Waals surface area (Å²) in [6.07, 6.45) is 0.446. The molecule has 3 N–H and O–H groups in total. The Bertz CT molecular complexity index is 307. The first-order chi connectivity index (χ1) is 6.56. The third-order valence-corrected chi connectivity index (χ3v) is 2.38. The molecule has 0 saturated heterocycles. The Hall–Kier alpha value is -0.640. The lowest BCUT2D eigenvalue weighted by Crippen LogP contribution is -2.12. The largest absolute Gasteiger partial charge is 0.396 e. The number of aliphatic hydroxyl groups excluding tert-OH is 1. The van der Waals surface area contributed by atoms with Crippen LogP contribution in [-0.4, -0.2) is 11.7 Å². The highest BCUT2D eigenvalue weighted by Gasteiger charge is 2.10. The average Bonchev–Trinajstić information content (AvgIpc) is 2.13. The summed E-state index contributed by atoms with van der Waals surface area (Å²) in [6.45, 7) is 1.64. The molecular weight excluding hydrogens is 205 g/mol. The van der Waals surface area contributed by atoms with E-state index in [0.29, 0.717) is 12.0 Å². The number of hydrogen-bond acceptors (Lipinski definition) is 2. The number of rotatable bonds is 3. The van der Waals surface area contributed by atoms with Crippen molar-refractivity contribution in [2.75, 3.05) is 6.61 Å². The maximum absolute atomic E-state index is 13.1. The van der Waals surface area contributed by atoms with Gasteiger partial charge in [-0.25, -0.2) is 4.39 Å². The Labute approximate surface area is 87.5 Å². The molecule has 2 nitrogen and oxygen atoms in total. The van der Waals surface area contributed by atoms with Crippen molar-refractivity contribution in [1.82, 2.24) is 0 Å². The van der Waals surface area contributed by atoms with Gasteiger partial charge in [0.1, 0.15) is 5.82 Å². The van der Waals surface area contributed by atoms with E-state index in [9.17, 15) is 4.39 Å². The van der Waals surface area contributed by atoms with E-state index in [2.05, 4.69) is 0 Å². The first-order valence-corrected chi connectivity index (χ1v) is 4.76. The predicted octanol–water partition coefficient (Wildman–Crippen LogP) is 2.17. The van der Waals surface area contributed by atoms with Crippen molar-refractivity contribution in [2.45, 2.75) is 19.4 Å². The number of aryl methyl sites for hydroxylation is 1. The van der Waals surface area contributed by atoms with E-state index in [-0.39, 0.29) is 17.7 Å². The Balaban J connectivity index is 3.00. The second-order valence-electron chi connectivity index (χ2n) is 3.25. The van der Waals surface area contributed by atoms with Crippen molar-refractivity contribution in [3.8, 4) is 0 Å². The smallest absolute Gasteiger partial charge is 0.144 e. The summed E-state index contributed by atoms with van der Waals surface area (Å²) < 4.78 is 13.1. The minimum absolute atomic E-state index is 0.00914. The van der Waals surface area contributed by atoms with Crippen molar-refractivity contribution in [3.63, 3.8) is 0 Å². The van der Waals surface area contributed by atoms with Gasteiger partial charge < -0.3 is 10.8 Å². The van der Waals surface area contributed by atoms with Gasteiger partial charge in [0, 0.05) is 12.6 Å². The van der Waals surface area contributed by atoms with Crippen LogP contribution in [-0.2, 0) is 0 Å². The number of halogens is 2. The Morgan fingerprint density at radius 2 is 2.21 bits per heavy atom. The highest BCUT2D eigenvalue weighted by atomic mass is 35.5. The normalized spacial score (nSPS) is 12.9. The van der Waals surface area contributed by atoms with Crippen molar-refractivity contribution in [2.24, 2.45) is 5.73 Å². The second-order valence-corrected chi connectivity index (χ2v) is 3.66. The van der Waals surface area contributed by atoms with Crippen molar-refractivity contribution >= 4 is 11.6 Å². The molecule has 1 aromatic carbocycles. The summed E-state index contributed by atoms with van der Waals surface area (Å²) in [6, 6.07) is 2.86. The van der Waals surface area contributed by atoms with Gasteiger partial charge >= 0.3 is 0 Å². The maximum Gasteiger partial charge on any atom is 0.144 e. The molecule has 0 aromatic heterocycles. The fourth-order valence-electron chi connectivity index (χ4n) is 1.27. The molecule has 78 valence electrons. The summed E-state index contributed by atoms with van der Waals surface area (Å²) in [4.78, 5) is 0. The van der Waals surface area contributed by atoms with Gasteiger partial charge in [0.05, 0.1) is 5.02 Å². The minimum Gasteiger partial charge on any atom is -0.396 e. The molecule has 14 heavy (non-hydrogen) atoms. The lowest BCUT2D eigenvalue weighted by Gasteiger charge is -2.12. The fraction of sp³-hybridized carbons (Fsp3) is 0.400. The van der Waals surface area contributed by atoms with Crippen LogP contribution in [0.2, 0.25) is 5.02 Å². The number of hydrogen-bond donors (Lipinski definition) is 2. The number of aliphatic hydroxyl groups is 1. The van der Waals surface area contributed by atoms with Gasteiger partial charge in [0.2, 0.25) is 0 Å². The molecule has 0 spiro atoms. The van der Waals surface area contributed by atoms with E-state index in [1.165, 1.54) is 6.07 Å². The van der Waals surface area contributed by atoms with Gasteiger partial charge in [0.25, 0.3) is 0 Å². The Morgan fingerprint density at radius 1 is 1.57 bits per heavy atom. The highest BCUT2D eigenvalue weighted by Crippen LogP contribution is 2.24. The third-order valence-electron chi connectivity index (χ3n) is 2.10. The molecule has 1 unspecified atom stereocenters. The fourth-order valence-corrected chi connectivity index (χ4v) is 1.55. The molecule has 4 heteroatoms. The molecule has 1 atom stereocenters. The van der Waals surface area contributed by atoms with Crippen LogP contribution in [0.5, 0.6) is 0 Å². The van der Waals surface area contributed by atoms with E-state index >= 15 is 0 Å². The molecule has 0 bridgehead atoms. The van der Waals surface area contributed by atoms with Crippen molar-refractivity contribution in [1.29, 1.82) is 0 Å². The molecule has 1 rings (SSSR count). The molecule has 0 radical (unpaired) electrons. The molecule has 0 aliphatic carbocycles. The molecule has 0 amide bonds. The van der Waals surface area contributed by atoms with Gasteiger partial charge in [-0.05, 0) is 30.5 Å². The molecular formula is C10H13ClFNO. The molecule has 0 heterocycles. The van der Waals surface area contributed by atoms with Gasteiger partial charge in [-0.1, -0.05) is 17.7 Å². The summed E-state index contributed by atoms with van der Waals surface area (Å²) in [7, 11) is 0. The number of benzene rings is 1. The van der Waals surface area contributed by atoms with E-state index in [1.54, 1.807) is 13.0 Å². The summed E-state index contributed by atoms with van der Waals surface area (Å²) in [5, 5.41) is 8.78. The van der Waals surface area contributed by atoms with Crippen molar-refractivity contribution < 1.29 is 9.50 Å². The van der Waals surface area contributed by atoms with Crippen LogP contribution in [0.25, 0.3) is 0 Å². The summed E-state index contributed by atoms with van der Waals surface area (Å²) in [5.41, 5.74) is 6.98. The average molecular weight is 218 g/mol. The SMILES string of the molecule is Cc1cc(C(N)CCO)cc(Cl)c1F. The van der Waals surface area contributed by atoms with Crippen LogP contribution < -0.4 is 5.73 Å². The first-order valence-electron chi connectivity index (χ1n) is 4.38. The number of nitrogens with two attached hydrogens (primary N) is 1. The van der Waals surface area contributed by atoms with Crippen LogP contribution in [0.1, 0.15) is 23.6 Å². The first kappa shape index (κ1) is 11.4. The van der Waals surface area contributed by atoms with Gasteiger partial charge in [-0.3, -0.25) is 0 Å². The molecule has 0 aliphatic rings. The zero-order chi connectivity index (χ0) is 10.7. The van der Waals surface area contributed by atoms with E-state index < -0.39 is 5.82 Å². The van der Waals surface area contributed by atoms with Gasteiger partial charge in [-0.15, -0.1) is 0 Å². The van der Waals surface area contributed by atoms with Gasteiger partial charge in [0.15, 0.2) is 0 Å². The lowest BCUT2D eigenvalue weighted by atomic mass is 10.0. The minimum atomic E-state index is -0.411. The molecule has 1 aromatic rings. The highest BCUT2D eigenvalue weighted by molar-refractivity contribution is 6.30. The van der Waals surface area contributed by atoms with E-state index in [4.69, 9.17) is 22.4 Å². The predicted molar refractivity (Wildman–Crippen MR) is 54.8 cm³/mol. The standard InChI is InChI=1S/C10H13ClFNO/c1-6-4-7(9(13)2-3-14)5-8(11)10(6)12/h4-5,9,14H,2-3,13H2,1H3. The van der Waals surface area contributed by atoms with E-state index in [0.717, 1.165) is 5.56 Å². The zero-order valence-electron chi connectivity index (χ0n) is 7.93. The third kappa shape index (κ3) is 2.44. The van der Waals surface area contributed by atoms with Crippen LogP contribution >= 0.6 is 11.6 Å². The van der Waals surface area contributed by atoms with Crippen LogP contribution in [0.15, 0.2) is 12.1 Å². The molecule has 0 fully saturated rings. The van der Waals surface area contributed by atoms with Crippen LogP contribution in [0.4, 0.5) is 4.39 Å². The quantitative estimate of drug-likeness (QED) is 0.815. The molecule has 0 aliphatic heterocycles. The van der Waals surface area contributed by atoms with Crippen molar-refractivity contribution in [3.05, 3.63) is 34.1 Å². The summed E-state index contributed by atoms with van der Waals surface area (Å²) >= 11 is 5.67. The van der Waals surface area contributed by atoms with Crippen LogP contribution in [0.3, 0.4) is 0 Å². The zero-order valence-corrected chi connectivity index (χ0v) is 8.68. The van der Waals surface area contributed by atoms with E-state index in [1.807, 2.05) is 0 Å². The monoisotopic (exact) mass is 217 g/mol. The Morgan fingerprint density at radius 3 is 2.71 bits per heavy atom. The topological polar surface area (TPSA) is 46.2 Å². The summed E-state index contributed by atoms with van der Waals surface area (Å²) in [5.74, 6) is -0.411. The maximum atomic E-state index is 13.1. The Kier molecular flexibility index (Phi) is 3.86. The second kappa shape index (κ2) is 4.73. The van der Waals surface area contributed by atoms with Gasteiger partial charge in [-0.2, -0.15) is 0 Å². The molecule has 0 saturated carbocycles. The van der Waals surface area contributed by atoms with Crippen LogP contribution in [0, 0.1) is 12.7 Å².